The van der Waals surface area contributed by atoms with Gasteiger partial charge in [-0.3, -0.25) is 4.79 Å². The molecule has 0 radical (unpaired) electrons. The smallest absolute Gasteiger partial charge is 0.255 e. The van der Waals surface area contributed by atoms with Gasteiger partial charge in [-0.1, -0.05) is 6.92 Å². The first-order valence-corrected chi connectivity index (χ1v) is 7.58. The van der Waals surface area contributed by atoms with Crippen molar-refractivity contribution in [2.75, 3.05) is 13.1 Å². The minimum Gasteiger partial charge on any atom is -0.339 e. The van der Waals surface area contributed by atoms with E-state index in [1.54, 1.807) is 6.92 Å². The predicted octanol–water partition coefficient (Wildman–Crippen LogP) is 1.48. The summed E-state index contributed by atoms with van der Waals surface area (Å²) in [4.78, 5) is 12.8. The van der Waals surface area contributed by atoms with Gasteiger partial charge in [0.15, 0.2) is 11.6 Å². The van der Waals surface area contributed by atoms with Gasteiger partial charge in [-0.25, -0.2) is 22.3 Å². The SMILES string of the molecule is CCCN(CC)C(=O)c1cc(F)c(F)cc1S(N)(=O)=O. The Morgan fingerprint density at radius 2 is 1.80 bits per heavy atom. The zero-order valence-electron chi connectivity index (χ0n) is 11.2. The fourth-order valence-electron chi connectivity index (χ4n) is 1.77. The van der Waals surface area contributed by atoms with Crippen LogP contribution in [0.2, 0.25) is 0 Å². The van der Waals surface area contributed by atoms with E-state index in [1.807, 2.05) is 6.92 Å². The van der Waals surface area contributed by atoms with Gasteiger partial charge in [0.2, 0.25) is 10.0 Å². The summed E-state index contributed by atoms with van der Waals surface area (Å²) in [5, 5.41) is 4.94. The molecule has 0 aliphatic rings. The largest absolute Gasteiger partial charge is 0.339 e. The van der Waals surface area contributed by atoms with Crippen LogP contribution in [-0.2, 0) is 10.0 Å². The maximum absolute atomic E-state index is 13.3. The molecular formula is C12H16F2N2O3S. The van der Waals surface area contributed by atoms with Crippen molar-refractivity contribution in [3.8, 4) is 0 Å². The molecule has 1 aromatic carbocycles. The van der Waals surface area contributed by atoms with Crippen LogP contribution in [0.15, 0.2) is 17.0 Å². The lowest BCUT2D eigenvalue weighted by Crippen LogP contribution is -2.33. The highest BCUT2D eigenvalue weighted by Crippen LogP contribution is 2.20. The van der Waals surface area contributed by atoms with E-state index < -0.39 is 38.0 Å². The van der Waals surface area contributed by atoms with Gasteiger partial charge in [-0.15, -0.1) is 0 Å². The van der Waals surface area contributed by atoms with Gasteiger partial charge in [-0.2, -0.15) is 0 Å². The van der Waals surface area contributed by atoms with Gasteiger partial charge in [0.05, 0.1) is 10.5 Å². The number of benzene rings is 1. The van der Waals surface area contributed by atoms with Gasteiger partial charge >= 0.3 is 0 Å². The van der Waals surface area contributed by atoms with Crippen LogP contribution in [0.3, 0.4) is 0 Å². The van der Waals surface area contributed by atoms with Crippen LogP contribution in [-0.4, -0.2) is 32.3 Å². The average Bonchev–Trinajstić information content (AvgIpc) is 2.36. The molecule has 5 nitrogen and oxygen atoms in total. The third-order valence-electron chi connectivity index (χ3n) is 2.72. The molecule has 2 N–H and O–H groups in total. The molecule has 1 rings (SSSR count). The Morgan fingerprint density at radius 1 is 1.25 bits per heavy atom. The Morgan fingerprint density at radius 3 is 2.25 bits per heavy atom. The molecule has 112 valence electrons. The summed E-state index contributed by atoms with van der Waals surface area (Å²) in [6.45, 7) is 4.22. The second-order valence-electron chi connectivity index (χ2n) is 4.19. The molecule has 0 unspecified atom stereocenters. The topological polar surface area (TPSA) is 80.5 Å². The van der Waals surface area contributed by atoms with Crippen LogP contribution in [0.25, 0.3) is 0 Å². The second-order valence-corrected chi connectivity index (χ2v) is 5.72. The van der Waals surface area contributed by atoms with Crippen molar-refractivity contribution in [1.29, 1.82) is 0 Å². The van der Waals surface area contributed by atoms with Gasteiger partial charge in [0.1, 0.15) is 0 Å². The number of rotatable bonds is 5. The van der Waals surface area contributed by atoms with E-state index in [2.05, 4.69) is 0 Å². The number of carbonyl (C=O) groups is 1. The summed E-state index contributed by atoms with van der Waals surface area (Å²) < 4.78 is 49.3. The number of amides is 1. The van der Waals surface area contributed by atoms with Crippen LogP contribution >= 0.6 is 0 Å². The molecular weight excluding hydrogens is 290 g/mol. The van der Waals surface area contributed by atoms with Crippen molar-refractivity contribution in [2.24, 2.45) is 5.14 Å². The van der Waals surface area contributed by atoms with E-state index >= 15 is 0 Å². The van der Waals surface area contributed by atoms with Gasteiger partial charge in [0.25, 0.3) is 5.91 Å². The van der Waals surface area contributed by atoms with Crippen LogP contribution in [0.1, 0.15) is 30.6 Å². The fourth-order valence-corrected chi connectivity index (χ4v) is 2.50. The van der Waals surface area contributed by atoms with Crippen molar-refractivity contribution in [2.45, 2.75) is 25.2 Å². The molecule has 0 bridgehead atoms. The van der Waals surface area contributed by atoms with E-state index in [4.69, 9.17) is 5.14 Å². The Kier molecular flexibility index (Phi) is 5.18. The zero-order chi connectivity index (χ0) is 15.5. The number of nitrogens with zero attached hydrogens (tertiary/aromatic N) is 1. The number of hydrogen-bond donors (Lipinski definition) is 1. The first-order valence-electron chi connectivity index (χ1n) is 6.03. The molecule has 0 fully saturated rings. The average molecular weight is 306 g/mol. The van der Waals surface area contributed by atoms with Crippen molar-refractivity contribution in [3.05, 3.63) is 29.3 Å². The molecule has 0 saturated heterocycles. The summed E-state index contributed by atoms with van der Waals surface area (Å²) >= 11 is 0. The third-order valence-corrected chi connectivity index (χ3v) is 3.67. The number of hydrogen-bond acceptors (Lipinski definition) is 3. The maximum atomic E-state index is 13.3. The van der Waals surface area contributed by atoms with Crippen molar-refractivity contribution >= 4 is 15.9 Å². The Balaban J connectivity index is 3.43. The van der Waals surface area contributed by atoms with Crippen LogP contribution < -0.4 is 5.14 Å². The highest BCUT2D eigenvalue weighted by molar-refractivity contribution is 7.89. The highest BCUT2D eigenvalue weighted by atomic mass is 32.2. The Hall–Kier alpha value is -1.54. The summed E-state index contributed by atoms with van der Waals surface area (Å²) in [6, 6.07) is 0.993. The van der Waals surface area contributed by atoms with Crippen molar-refractivity contribution in [1.82, 2.24) is 4.90 Å². The second kappa shape index (κ2) is 6.27. The van der Waals surface area contributed by atoms with Gasteiger partial charge < -0.3 is 4.90 Å². The van der Waals surface area contributed by atoms with E-state index in [0.717, 1.165) is 0 Å². The van der Waals surface area contributed by atoms with Crippen molar-refractivity contribution < 1.29 is 22.0 Å². The fraction of sp³-hybridized carbons (Fsp3) is 0.417. The van der Waals surface area contributed by atoms with E-state index in [1.165, 1.54) is 4.90 Å². The summed E-state index contributed by atoms with van der Waals surface area (Å²) in [5.41, 5.74) is -0.457. The van der Waals surface area contributed by atoms with Crippen LogP contribution in [0, 0.1) is 11.6 Å². The first-order chi connectivity index (χ1) is 9.22. The Labute approximate surface area is 116 Å². The third kappa shape index (κ3) is 3.51. The lowest BCUT2D eigenvalue weighted by Gasteiger charge is -2.21. The normalized spacial score (nSPS) is 11.4. The minimum absolute atomic E-state index is 0.315. The molecule has 0 saturated carbocycles. The molecule has 0 aliphatic heterocycles. The number of primary sulfonamides is 1. The van der Waals surface area contributed by atoms with Crippen LogP contribution in [0.4, 0.5) is 8.78 Å². The molecule has 1 amide bonds. The summed E-state index contributed by atoms with van der Waals surface area (Å²) in [5.74, 6) is -3.37. The Bertz CT molecular complexity index is 617. The predicted molar refractivity (Wildman–Crippen MR) is 69.6 cm³/mol. The molecule has 1 aromatic rings. The van der Waals surface area contributed by atoms with E-state index in [9.17, 15) is 22.0 Å². The lowest BCUT2D eigenvalue weighted by atomic mass is 10.1. The van der Waals surface area contributed by atoms with Crippen molar-refractivity contribution in [3.63, 3.8) is 0 Å². The summed E-state index contributed by atoms with van der Waals surface area (Å²) in [7, 11) is -4.33. The highest BCUT2D eigenvalue weighted by Gasteiger charge is 2.25. The van der Waals surface area contributed by atoms with Gasteiger partial charge in [-0.05, 0) is 25.5 Å². The number of halogens is 2. The minimum atomic E-state index is -4.33. The maximum Gasteiger partial charge on any atom is 0.255 e. The monoisotopic (exact) mass is 306 g/mol. The molecule has 0 aliphatic carbocycles. The lowest BCUT2D eigenvalue weighted by molar-refractivity contribution is 0.0760. The first kappa shape index (κ1) is 16.5. The molecule has 0 aromatic heterocycles. The zero-order valence-corrected chi connectivity index (χ0v) is 12.0. The number of carbonyl (C=O) groups excluding carboxylic acids is 1. The quantitative estimate of drug-likeness (QED) is 0.895. The molecule has 8 heteroatoms. The standard InChI is InChI=1S/C12H16F2N2O3S/c1-3-5-16(4-2)12(17)8-6-9(13)10(14)7-11(8)20(15,18)19/h6-7H,3-5H2,1-2H3,(H2,15,18,19). The molecule has 0 heterocycles. The molecule has 20 heavy (non-hydrogen) atoms. The van der Waals surface area contributed by atoms with E-state index in [0.29, 0.717) is 31.6 Å². The number of nitrogens with two attached hydrogens (primary N) is 1. The molecule has 0 atom stereocenters. The van der Waals surface area contributed by atoms with E-state index in [-0.39, 0.29) is 0 Å². The molecule has 0 spiro atoms. The number of sulfonamides is 1. The van der Waals surface area contributed by atoms with Gasteiger partial charge in [0, 0.05) is 13.1 Å². The van der Waals surface area contributed by atoms with Crippen LogP contribution in [0.5, 0.6) is 0 Å². The summed E-state index contributed by atoms with van der Waals surface area (Å²) in [6.07, 6.45) is 0.647.